The Labute approximate surface area is 386 Å². The molecule has 1 aliphatic rings. The minimum atomic E-state index is -0.972. The standard InChI is InChI=1S/C45H57N9O9S2/c1-7-63-43(59)37-40(50-44(64-6)52-51-37)48-33-9-8-10-34-32(33)15-16-53(34)17-18-60-19-20-61-21-22-62-26-36(56)49-39(45(3,4)5)42(58)54-25-31(55)23-35(54)41(57)46-24-29-11-13-30(14-12-29)38-28(2)47-27-65-38/h8-16,27,31,35,39,55H,7,17-26H2,1-6H3,(H,46,57)(H,49,56)(H,48,50,52)/t31-,35+,39?/m1/s1. The van der Waals surface area contributed by atoms with Crippen LogP contribution in [0.3, 0.4) is 0 Å². The molecule has 348 valence electrons. The zero-order chi connectivity index (χ0) is 46.5. The number of aryl methyl sites for hydroxylation is 1. The van der Waals surface area contributed by atoms with E-state index in [1.807, 2.05) is 94.2 Å². The molecule has 20 heteroatoms. The quantitative estimate of drug-likeness (QED) is 0.0418. The summed E-state index contributed by atoms with van der Waals surface area (Å²) in [6.07, 6.45) is 3.00. The van der Waals surface area contributed by atoms with E-state index in [0.29, 0.717) is 31.5 Å². The van der Waals surface area contributed by atoms with E-state index < -0.39 is 41.4 Å². The monoisotopic (exact) mass is 931 g/mol. The van der Waals surface area contributed by atoms with Crippen molar-refractivity contribution in [3.05, 3.63) is 77.2 Å². The Hall–Kier alpha value is -5.51. The summed E-state index contributed by atoms with van der Waals surface area (Å²) < 4.78 is 24.2. The van der Waals surface area contributed by atoms with Crippen LogP contribution in [0.2, 0.25) is 0 Å². The Morgan fingerprint density at radius 2 is 1.72 bits per heavy atom. The predicted molar refractivity (Wildman–Crippen MR) is 247 cm³/mol. The number of aliphatic hydroxyl groups is 1. The number of anilines is 2. The van der Waals surface area contributed by atoms with Gasteiger partial charge in [0.2, 0.25) is 28.6 Å². The number of β-amino-alcohol motifs (C(OH)–C–C–N with tert-alkyl or cyclic N) is 1. The molecule has 0 bridgehead atoms. The Morgan fingerprint density at radius 1 is 0.985 bits per heavy atom. The van der Waals surface area contributed by atoms with Gasteiger partial charge in [0.25, 0.3) is 0 Å². The molecular weight excluding hydrogens is 875 g/mol. The summed E-state index contributed by atoms with van der Waals surface area (Å²) in [6, 6.07) is 13.8. The fourth-order valence-corrected chi connectivity index (χ4v) is 8.34. The SMILES string of the molecule is CCOC(=O)c1nnc(SC)nc1Nc1cccc2c1ccn2CCOCCOCCOCC(=O)NC(C(=O)N1C[C@H](O)C[C@H]1C(=O)NCc1ccc(-c2scnc2C)cc1)C(C)(C)C. The molecule has 1 fully saturated rings. The molecule has 5 aromatic rings. The lowest BCUT2D eigenvalue weighted by Crippen LogP contribution is -2.58. The van der Waals surface area contributed by atoms with Crippen LogP contribution in [-0.2, 0) is 46.4 Å². The molecule has 65 heavy (non-hydrogen) atoms. The maximum absolute atomic E-state index is 13.9. The van der Waals surface area contributed by atoms with Crippen LogP contribution in [0.5, 0.6) is 0 Å². The van der Waals surface area contributed by atoms with Crippen LogP contribution in [0.4, 0.5) is 11.5 Å². The van der Waals surface area contributed by atoms with E-state index in [1.54, 1.807) is 18.3 Å². The number of hydrogen-bond donors (Lipinski definition) is 4. The number of benzene rings is 2. The molecule has 3 atom stereocenters. The van der Waals surface area contributed by atoms with Crippen LogP contribution in [0.15, 0.2) is 65.4 Å². The van der Waals surface area contributed by atoms with Crippen LogP contribution in [0.1, 0.15) is 55.9 Å². The van der Waals surface area contributed by atoms with E-state index in [9.17, 15) is 24.3 Å². The van der Waals surface area contributed by atoms with Crippen LogP contribution in [-0.4, -0.2) is 136 Å². The number of aromatic nitrogens is 5. The van der Waals surface area contributed by atoms with Crippen LogP contribution in [0.25, 0.3) is 21.3 Å². The second-order valence-electron chi connectivity index (χ2n) is 16.3. The average molecular weight is 932 g/mol. The number of carbonyl (C=O) groups is 4. The molecule has 0 radical (unpaired) electrons. The molecule has 0 aliphatic carbocycles. The van der Waals surface area contributed by atoms with Gasteiger partial charge in [-0.05, 0) is 54.8 Å². The third-order valence-electron chi connectivity index (χ3n) is 10.6. The van der Waals surface area contributed by atoms with Crippen LogP contribution < -0.4 is 16.0 Å². The Bertz CT molecular complexity index is 2400. The number of rotatable bonds is 22. The minimum absolute atomic E-state index is 0.00261. The maximum atomic E-state index is 13.9. The normalized spacial score (nSPS) is 15.5. The number of thiazole rings is 1. The van der Waals surface area contributed by atoms with Crippen molar-refractivity contribution in [3.63, 3.8) is 0 Å². The highest BCUT2D eigenvalue weighted by molar-refractivity contribution is 7.98. The third-order valence-corrected chi connectivity index (χ3v) is 12.1. The zero-order valence-electron chi connectivity index (χ0n) is 37.5. The molecule has 1 saturated heterocycles. The van der Waals surface area contributed by atoms with E-state index >= 15 is 0 Å². The molecule has 4 heterocycles. The molecule has 3 aromatic heterocycles. The lowest BCUT2D eigenvalue weighted by atomic mass is 9.85. The van der Waals surface area contributed by atoms with Gasteiger partial charge in [0.1, 0.15) is 18.7 Å². The number of nitrogens with one attached hydrogen (secondary N) is 3. The smallest absolute Gasteiger partial charge is 0.362 e. The van der Waals surface area contributed by atoms with E-state index in [1.165, 1.54) is 16.7 Å². The van der Waals surface area contributed by atoms with Crippen molar-refractivity contribution >= 4 is 69.2 Å². The van der Waals surface area contributed by atoms with Gasteiger partial charge >= 0.3 is 5.97 Å². The van der Waals surface area contributed by atoms with Gasteiger partial charge in [0.05, 0.1) is 67.3 Å². The van der Waals surface area contributed by atoms with E-state index in [4.69, 9.17) is 18.9 Å². The van der Waals surface area contributed by atoms with Crippen molar-refractivity contribution in [2.45, 2.75) is 77.5 Å². The predicted octanol–water partition coefficient (Wildman–Crippen LogP) is 4.76. The van der Waals surface area contributed by atoms with Crippen LogP contribution >= 0.6 is 23.1 Å². The molecule has 3 amide bonds. The summed E-state index contributed by atoms with van der Waals surface area (Å²) in [4.78, 5) is 64.1. The second-order valence-corrected chi connectivity index (χ2v) is 17.9. The lowest BCUT2D eigenvalue weighted by Gasteiger charge is -2.35. The van der Waals surface area contributed by atoms with Gasteiger partial charge in [0.15, 0.2) is 5.82 Å². The summed E-state index contributed by atoms with van der Waals surface area (Å²) in [5, 5.41) is 28.9. The molecule has 2 aromatic carbocycles. The molecule has 0 spiro atoms. The van der Waals surface area contributed by atoms with Crippen molar-refractivity contribution in [2.24, 2.45) is 5.41 Å². The number of esters is 1. The van der Waals surface area contributed by atoms with Crippen LogP contribution in [0, 0.1) is 12.3 Å². The summed E-state index contributed by atoms with van der Waals surface area (Å²) in [5.74, 6) is -1.67. The first-order valence-electron chi connectivity index (χ1n) is 21.4. The number of likely N-dealkylation sites (tertiary alicyclic amines) is 1. The van der Waals surface area contributed by atoms with Crippen molar-refractivity contribution in [1.82, 2.24) is 40.3 Å². The van der Waals surface area contributed by atoms with Crippen molar-refractivity contribution < 1.29 is 43.2 Å². The van der Waals surface area contributed by atoms with Gasteiger partial charge in [-0.15, -0.1) is 21.5 Å². The molecule has 18 nitrogen and oxygen atoms in total. The molecule has 4 N–H and O–H groups in total. The Kier molecular flexibility index (Phi) is 17.4. The number of aliphatic hydroxyl groups excluding tert-OH is 1. The summed E-state index contributed by atoms with van der Waals surface area (Å²) in [6.45, 7) is 11.4. The first-order valence-corrected chi connectivity index (χ1v) is 23.5. The highest BCUT2D eigenvalue weighted by Crippen LogP contribution is 2.30. The minimum Gasteiger partial charge on any atom is -0.461 e. The zero-order valence-corrected chi connectivity index (χ0v) is 39.1. The fraction of sp³-hybridized carbons (Fsp3) is 0.467. The molecule has 1 unspecified atom stereocenters. The molecule has 0 saturated carbocycles. The van der Waals surface area contributed by atoms with Crippen molar-refractivity contribution in [2.75, 3.05) is 64.4 Å². The topological polar surface area (TPSA) is 221 Å². The number of amides is 3. The number of fused-ring (bicyclic) bond motifs is 1. The van der Waals surface area contributed by atoms with Crippen molar-refractivity contribution in [3.8, 4) is 10.4 Å². The summed E-state index contributed by atoms with van der Waals surface area (Å²) in [7, 11) is 0. The number of nitrogens with zero attached hydrogens (tertiary/aromatic N) is 6. The lowest BCUT2D eigenvalue weighted by molar-refractivity contribution is -0.144. The van der Waals surface area contributed by atoms with Crippen molar-refractivity contribution in [1.29, 1.82) is 0 Å². The maximum Gasteiger partial charge on any atom is 0.362 e. The van der Waals surface area contributed by atoms with Gasteiger partial charge in [-0.25, -0.2) is 14.8 Å². The van der Waals surface area contributed by atoms with Gasteiger partial charge in [-0.2, -0.15) is 0 Å². The van der Waals surface area contributed by atoms with Gasteiger partial charge in [-0.3, -0.25) is 14.4 Å². The Morgan fingerprint density at radius 3 is 2.42 bits per heavy atom. The molecular formula is C45H57N9O9S2. The summed E-state index contributed by atoms with van der Waals surface area (Å²) in [5.41, 5.74) is 5.70. The van der Waals surface area contributed by atoms with Gasteiger partial charge < -0.3 is 49.5 Å². The summed E-state index contributed by atoms with van der Waals surface area (Å²) >= 11 is 2.88. The van der Waals surface area contributed by atoms with E-state index in [0.717, 1.165) is 38.3 Å². The first-order chi connectivity index (χ1) is 31.3. The van der Waals surface area contributed by atoms with E-state index in [2.05, 4.69) is 40.7 Å². The second kappa shape index (κ2) is 23.1. The number of ether oxygens (including phenoxy) is 4. The van der Waals surface area contributed by atoms with Gasteiger partial charge in [-0.1, -0.05) is 62.9 Å². The number of hydrogen-bond acceptors (Lipinski definition) is 16. The third kappa shape index (κ3) is 13.1. The fourth-order valence-electron chi connectivity index (χ4n) is 7.23. The highest BCUT2D eigenvalue weighted by Gasteiger charge is 2.44. The Balaban J connectivity index is 0.890. The number of carbonyl (C=O) groups excluding carboxylic acids is 4. The molecule has 1 aliphatic heterocycles. The van der Waals surface area contributed by atoms with Gasteiger partial charge in [0, 0.05) is 43.3 Å². The molecule has 6 rings (SSSR count). The largest absolute Gasteiger partial charge is 0.461 e. The first kappa shape index (κ1) is 48.9. The number of thioether (sulfide) groups is 1. The average Bonchev–Trinajstić information content (AvgIpc) is 4.03. The van der Waals surface area contributed by atoms with E-state index in [-0.39, 0.29) is 63.4 Å². The highest BCUT2D eigenvalue weighted by atomic mass is 32.2.